The molecule has 0 radical (unpaired) electrons. The average Bonchev–Trinajstić information content (AvgIpc) is 3.16. The Kier molecular flexibility index (Phi) is 4.35. The zero-order valence-electron chi connectivity index (χ0n) is 13.0. The molecule has 3 nitrogen and oxygen atoms in total. The third-order valence-electron chi connectivity index (χ3n) is 4.81. The fraction of sp³-hybridized carbons (Fsp3) is 0.688. The Bertz CT molecular complexity index is 522. The molecule has 0 bridgehead atoms. The van der Waals surface area contributed by atoms with E-state index >= 15 is 0 Å². The van der Waals surface area contributed by atoms with Gasteiger partial charge >= 0.3 is 0 Å². The van der Waals surface area contributed by atoms with Crippen LogP contribution >= 0.6 is 23.1 Å². The number of thiophene rings is 1. The van der Waals surface area contributed by atoms with Gasteiger partial charge in [0, 0.05) is 21.0 Å². The lowest BCUT2D eigenvalue weighted by molar-refractivity contribution is -0.130. The van der Waals surface area contributed by atoms with E-state index in [2.05, 4.69) is 35.5 Å². The van der Waals surface area contributed by atoms with Crippen molar-refractivity contribution < 1.29 is 4.79 Å². The van der Waals surface area contributed by atoms with Crippen LogP contribution < -0.4 is 5.32 Å². The van der Waals surface area contributed by atoms with Crippen LogP contribution in [-0.2, 0) is 4.79 Å². The molecule has 2 atom stereocenters. The Hall–Kier alpha value is -0.520. The first-order chi connectivity index (χ1) is 10.0. The summed E-state index contributed by atoms with van der Waals surface area (Å²) >= 11 is 3.75. The molecule has 1 aromatic rings. The van der Waals surface area contributed by atoms with Crippen LogP contribution in [0.25, 0.3) is 0 Å². The van der Waals surface area contributed by atoms with Crippen molar-refractivity contribution in [1.82, 2.24) is 10.2 Å². The Morgan fingerprint density at radius 3 is 2.71 bits per heavy atom. The predicted octanol–water partition coefficient (Wildman–Crippen LogP) is 3.55. The predicted molar refractivity (Wildman–Crippen MR) is 90.8 cm³/mol. The highest BCUT2D eigenvalue weighted by atomic mass is 32.2. The van der Waals surface area contributed by atoms with E-state index in [1.807, 2.05) is 18.7 Å². The molecular weight excluding hydrogens is 300 g/mol. The first-order valence-corrected chi connectivity index (χ1v) is 9.77. The van der Waals surface area contributed by atoms with Gasteiger partial charge in [0.15, 0.2) is 0 Å². The van der Waals surface area contributed by atoms with Gasteiger partial charge in [-0.1, -0.05) is 12.8 Å². The van der Waals surface area contributed by atoms with Crippen molar-refractivity contribution in [1.29, 1.82) is 0 Å². The maximum Gasteiger partial charge on any atom is 0.241 e. The number of nitrogens with one attached hydrogen (secondary N) is 1. The van der Waals surface area contributed by atoms with Crippen molar-refractivity contribution in [2.45, 2.75) is 56.5 Å². The monoisotopic (exact) mass is 324 g/mol. The second-order valence-corrected chi connectivity index (χ2v) is 8.89. The van der Waals surface area contributed by atoms with Gasteiger partial charge in [0.25, 0.3) is 0 Å². The summed E-state index contributed by atoms with van der Waals surface area (Å²) in [4.78, 5) is 17.3. The fourth-order valence-corrected chi connectivity index (χ4v) is 5.45. The molecule has 2 unspecified atom stereocenters. The van der Waals surface area contributed by atoms with Gasteiger partial charge in [-0.25, -0.2) is 0 Å². The van der Waals surface area contributed by atoms with E-state index in [9.17, 15) is 4.79 Å². The van der Waals surface area contributed by atoms with Crippen LogP contribution in [0.15, 0.2) is 12.1 Å². The fourth-order valence-electron chi connectivity index (χ4n) is 3.54. The Morgan fingerprint density at radius 2 is 2.14 bits per heavy atom. The zero-order valence-corrected chi connectivity index (χ0v) is 14.6. The molecule has 2 aliphatic rings. The summed E-state index contributed by atoms with van der Waals surface area (Å²) in [6, 6.07) is 4.24. The molecule has 1 aliphatic carbocycles. The summed E-state index contributed by atoms with van der Waals surface area (Å²) in [5.41, 5.74) is 0. The smallest absolute Gasteiger partial charge is 0.241 e. The average molecular weight is 325 g/mol. The third kappa shape index (κ3) is 2.88. The summed E-state index contributed by atoms with van der Waals surface area (Å²) in [6.07, 6.45) is 7.34. The van der Waals surface area contributed by atoms with Crippen molar-refractivity contribution in [2.75, 3.05) is 12.8 Å². The van der Waals surface area contributed by atoms with Crippen molar-refractivity contribution in [3.63, 3.8) is 0 Å². The zero-order chi connectivity index (χ0) is 15.0. The first kappa shape index (κ1) is 15.4. The second-order valence-electron chi connectivity index (χ2n) is 6.30. The number of amides is 1. The molecule has 1 saturated carbocycles. The summed E-state index contributed by atoms with van der Waals surface area (Å²) in [6.45, 7) is 4.99. The van der Waals surface area contributed by atoms with E-state index in [-0.39, 0.29) is 22.9 Å². The topological polar surface area (TPSA) is 32.3 Å². The molecule has 21 heavy (non-hydrogen) atoms. The van der Waals surface area contributed by atoms with Crippen LogP contribution in [0.5, 0.6) is 0 Å². The van der Waals surface area contributed by atoms with Crippen LogP contribution in [0.1, 0.15) is 48.5 Å². The Labute approximate surface area is 135 Å². The lowest BCUT2D eigenvalue weighted by atomic mass is 10.1. The normalized spacial score (nSPS) is 28.5. The minimum absolute atomic E-state index is 0.0656. The molecule has 1 amide bonds. The van der Waals surface area contributed by atoms with Gasteiger partial charge in [-0.15, -0.1) is 11.3 Å². The molecule has 116 valence electrons. The van der Waals surface area contributed by atoms with Crippen LogP contribution in [-0.4, -0.2) is 34.4 Å². The molecule has 1 aliphatic heterocycles. The SMILES string of the molecule is CSC1(CN2C(=O)C(C)NC2c2ccc(C)s2)CCCC1. The van der Waals surface area contributed by atoms with Crippen molar-refractivity contribution >= 4 is 29.0 Å². The highest BCUT2D eigenvalue weighted by Gasteiger charge is 2.43. The van der Waals surface area contributed by atoms with E-state index < -0.39 is 0 Å². The van der Waals surface area contributed by atoms with Crippen LogP contribution in [0.3, 0.4) is 0 Å². The van der Waals surface area contributed by atoms with Gasteiger partial charge in [0.1, 0.15) is 6.17 Å². The largest absolute Gasteiger partial charge is 0.319 e. The summed E-state index contributed by atoms with van der Waals surface area (Å²) < 4.78 is 0.270. The number of thioether (sulfide) groups is 1. The number of hydrogen-bond acceptors (Lipinski definition) is 4. The molecule has 0 spiro atoms. The number of carbonyl (C=O) groups excluding carboxylic acids is 1. The van der Waals surface area contributed by atoms with E-state index in [0.717, 1.165) is 6.54 Å². The van der Waals surface area contributed by atoms with Crippen molar-refractivity contribution in [3.8, 4) is 0 Å². The van der Waals surface area contributed by atoms with E-state index in [1.54, 1.807) is 11.3 Å². The molecule has 2 fully saturated rings. The van der Waals surface area contributed by atoms with Gasteiger partial charge in [-0.3, -0.25) is 10.1 Å². The van der Waals surface area contributed by atoms with Gasteiger partial charge in [-0.2, -0.15) is 11.8 Å². The lowest BCUT2D eigenvalue weighted by Gasteiger charge is -2.34. The molecule has 1 aromatic heterocycles. The quantitative estimate of drug-likeness (QED) is 0.919. The number of nitrogens with zero attached hydrogens (tertiary/aromatic N) is 1. The number of carbonyl (C=O) groups is 1. The lowest BCUT2D eigenvalue weighted by Crippen LogP contribution is -2.42. The van der Waals surface area contributed by atoms with E-state index in [1.165, 1.54) is 35.4 Å². The Balaban J connectivity index is 1.84. The van der Waals surface area contributed by atoms with Gasteiger partial charge in [-0.05, 0) is 45.1 Å². The number of rotatable bonds is 4. The minimum atomic E-state index is -0.0716. The molecule has 1 saturated heterocycles. The third-order valence-corrected chi connectivity index (χ3v) is 7.27. The number of aryl methyl sites for hydroxylation is 1. The minimum Gasteiger partial charge on any atom is -0.319 e. The molecule has 1 N–H and O–H groups in total. The maximum atomic E-state index is 12.6. The van der Waals surface area contributed by atoms with Gasteiger partial charge < -0.3 is 4.90 Å². The van der Waals surface area contributed by atoms with Crippen molar-refractivity contribution in [2.24, 2.45) is 0 Å². The van der Waals surface area contributed by atoms with E-state index in [0.29, 0.717) is 0 Å². The van der Waals surface area contributed by atoms with Gasteiger partial charge in [0.2, 0.25) is 5.91 Å². The summed E-state index contributed by atoms with van der Waals surface area (Å²) in [7, 11) is 0. The summed E-state index contributed by atoms with van der Waals surface area (Å²) in [5, 5.41) is 3.48. The van der Waals surface area contributed by atoms with E-state index in [4.69, 9.17) is 0 Å². The van der Waals surface area contributed by atoms with Crippen molar-refractivity contribution in [3.05, 3.63) is 21.9 Å². The maximum absolute atomic E-state index is 12.6. The Morgan fingerprint density at radius 1 is 1.43 bits per heavy atom. The van der Waals surface area contributed by atoms with Crippen LogP contribution in [0.2, 0.25) is 0 Å². The highest BCUT2D eigenvalue weighted by Crippen LogP contribution is 2.43. The first-order valence-electron chi connectivity index (χ1n) is 7.73. The van der Waals surface area contributed by atoms with Crippen LogP contribution in [0, 0.1) is 6.92 Å². The highest BCUT2D eigenvalue weighted by molar-refractivity contribution is 8.00. The molecular formula is C16H24N2OS2. The summed E-state index contributed by atoms with van der Waals surface area (Å²) in [5.74, 6) is 0.256. The van der Waals surface area contributed by atoms with Gasteiger partial charge in [0.05, 0.1) is 6.04 Å². The molecule has 2 heterocycles. The number of hydrogen-bond donors (Lipinski definition) is 1. The standard InChI is InChI=1S/C16H24N2OS2/c1-11-6-7-13(21-11)14-17-12(2)15(19)18(14)10-16(20-3)8-4-5-9-16/h6-7,12,14,17H,4-5,8-10H2,1-3H3. The molecule has 5 heteroatoms. The molecule has 3 rings (SSSR count). The van der Waals surface area contributed by atoms with Crippen LogP contribution in [0.4, 0.5) is 0 Å². The molecule has 0 aromatic carbocycles. The second kappa shape index (κ2) is 5.94.